The Hall–Kier alpha value is -2.43. The van der Waals surface area contributed by atoms with Crippen molar-refractivity contribution >= 4 is 23.8 Å². The lowest BCUT2D eigenvalue weighted by atomic mass is 10.2. The number of rotatable bonds is 4. The second kappa shape index (κ2) is 6.14. The Bertz CT molecular complexity index is 551. The normalized spacial score (nSPS) is 18.4. The molecule has 1 aromatic carbocycles. The smallest absolute Gasteiger partial charge is 0.249 e. The Balaban J connectivity index is 2.08. The maximum atomic E-state index is 12.1. The summed E-state index contributed by atoms with van der Waals surface area (Å²) in [5.41, 5.74) is 0.906. The van der Waals surface area contributed by atoms with Crippen LogP contribution in [0.15, 0.2) is 36.4 Å². The molecule has 1 heterocycles. The first-order valence-electron chi connectivity index (χ1n) is 6.49. The molecule has 1 atom stereocenters. The predicted molar refractivity (Wildman–Crippen MR) is 74.4 cm³/mol. The fourth-order valence-corrected chi connectivity index (χ4v) is 2.15. The minimum atomic E-state index is -0.694. The van der Waals surface area contributed by atoms with Gasteiger partial charge in [0.2, 0.25) is 17.7 Å². The minimum absolute atomic E-state index is 0.0393. The van der Waals surface area contributed by atoms with Gasteiger partial charge >= 0.3 is 0 Å². The first kappa shape index (κ1) is 14.0. The van der Waals surface area contributed by atoms with Gasteiger partial charge < -0.3 is 4.90 Å². The van der Waals surface area contributed by atoms with Gasteiger partial charge in [-0.15, -0.1) is 0 Å². The Kier molecular flexibility index (Phi) is 4.30. The third kappa shape index (κ3) is 3.12. The standard InChI is InChI=1S/C15H16N2O3/c1-2-17(12-10-13(18)16-15(12)20)14(19)9-8-11-6-4-3-5-7-11/h3-9,12H,2,10H2,1H3,(H,16,18,20)/b9-8+. The molecule has 0 radical (unpaired) electrons. The van der Waals surface area contributed by atoms with Gasteiger partial charge in [0.25, 0.3) is 0 Å². The number of nitrogens with one attached hydrogen (secondary N) is 1. The summed E-state index contributed by atoms with van der Waals surface area (Å²) < 4.78 is 0. The molecule has 0 saturated carbocycles. The number of carbonyl (C=O) groups is 3. The highest BCUT2D eigenvalue weighted by Gasteiger charge is 2.36. The Labute approximate surface area is 117 Å². The van der Waals surface area contributed by atoms with Crippen molar-refractivity contribution in [3.8, 4) is 0 Å². The van der Waals surface area contributed by atoms with Crippen molar-refractivity contribution < 1.29 is 14.4 Å². The van der Waals surface area contributed by atoms with Crippen molar-refractivity contribution in [2.75, 3.05) is 6.54 Å². The van der Waals surface area contributed by atoms with Crippen LogP contribution in [-0.4, -0.2) is 35.2 Å². The minimum Gasteiger partial charge on any atom is -0.327 e. The van der Waals surface area contributed by atoms with E-state index < -0.39 is 11.9 Å². The van der Waals surface area contributed by atoms with E-state index in [-0.39, 0.29) is 18.2 Å². The maximum Gasteiger partial charge on any atom is 0.249 e. The maximum absolute atomic E-state index is 12.1. The number of carbonyl (C=O) groups excluding carboxylic acids is 3. The van der Waals surface area contributed by atoms with Crippen LogP contribution in [0.1, 0.15) is 18.9 Å². The zero-order valence-corrected chi connectivity index (χ0v) is 11.2. The van der Waals surface area contributed by atoms with Crippen molar-refractivity contribution in [3.63, 3.8) is 0 Å². The molecular weight excluding hydrogens is 256 g/mol. The molecule has 20 heavy (non-hydrogen) atoms. The van der Waals surface area contributed by atoms with Crippen LogP contribution in [0.25, 0.3) is 6.08 Å². The van der Waals surface area contributed by atoms with Crippen molar-refractivity contribution in [2.24, 2.45) is 0 Å². The van der Waals surface area contributed by atoms with E-state index in [1.54, 1.807) is 13.0 Å². The lowest BCUT2D eigenvalue weighted by Crippen LogP contribution is -2.43. The molecule has 5 nitrogen and oxygen atoms in total. The van der Waals surface area contributed by atoms with Crippen molar-refractivity contribution in [3.05, 3.63) is 42.0 Å². The third-order valence-corrected chi connectivity index (χ3v) is 3.16. The van der Waals surface area contributed by atoms with Gasteiger partial charge in [-0.3, -0.25) is 19.7 Å². The van der Waals surface area contributed by atoms with Gasteiger partial charge in [-0.1, -0.05) is 30.3 Å². The topological polar surface area (TPSA) is 66.5 Å². The Morgan fingerprint density at radius 1 is 1.35 bits per heavy atom. The molecule has 1 unspecified atom stereocenters. The molecule has 0 aliphatic carbocycles. The van der Waals surface area contributed by atoms with Crippen LogP contribution in [0.3, 0.4) is 0 Å². The average molecular weight is 272 g/mol. The number of imide groups is 1. The van der Waals surface area contributed by atoms with Gasteiger partial charge in [0.15, 0.2) is 0 Å². The van der Waals surface area contributed by atoms with Crippen LogP contribution >= 0.6 is 0 Å². The second-order valence-electron chi connectivity index (χ2n) is 4.50. The average Bonchev–Trinajstić information content (AvgIpc) is 2.77. The molecule has 1 aromatic rings. The number of nitrogens with zero attached hydrogens (tertiary/aromatic N) is 1. The molecule has 3 amide bonds. The van der Waals surface area contributed by atoms with Crippen LogP contribution in [0.4, 0.5) is 0 Å². The van der Waals surface area contributed by atoms with E-state index in [0.717, 1.165) is 5.56 Å². The quantitative estimate of drug-likeness (QED) is 0.656. The van der Waals surface area contributed by atoms with Crippen LogP contribution in [-0.2, 0) is 14.4 Å². The van der Waals surface area contributed by atoms with E-state index >= 15 is 0 Å². The lowest BCUT2D eigenvalue weighted by molar-refractivity contribution is -0.135. The third-order valence-electron chi connectivity index (χ3n) is 3.16. The number of benzene rings is 1. The summed E-state index contributed by atoms with van der Waals surface area (Å²) in [5.74, 6) is -1.01. The van der Waals surface area contributed by atoms with E-state index in [1.165, 1.54) is 11.0 Å². The summed E-state index contributed by atoms with van der Waals surface area (Å²) in [6.07, 6.45) is 3.16. The SMILES string of the molecule is CCN(C(=O)/C=C/c1ccccc1)C1CC(=O)NC1=O. The van der Waals surface area contributed by atoms with Gasteiger partial charge in [0.05, 0.1) is 6.42 Å². The summed E-state index contributed by atoms with van der Waals surface area (Å²) >= 11 is 0. The Morgan fingerprint density at radius 3 is 2.60 bits per heavy atom. The molecule has 2 rings (SSSR count). The molecule has 1 aliphatic heterocycles. The number of likely N-dealkylation sites (N-methyl/N-ethyl adjacent to an activating group) is 1. The first-order chi connectivity index (χ1) is 9.61. The van der Waals surface area contributed by atoms with Crippen molar-refractivity contribution in [2.45, 2.75) is 19.4 Å². The molecule has 1 aliphatic rings. The van der Waals surface area contributed by atoms with Crippen molar-refractivity contribution in [1.29, 1.82) is 0 Å². The highest BCUT2D eigenvalue weighted by Crippen LogP contribution is 2.12. The summed E-state index contributed by atoms with van der Waals surface area (Å²) in [6.45, 7) is 2.16. The van der Waals surface area contributed by atoms with Gasteiger partial charge in [0, 0.05) is 12.6 Å². The lowest BCUT2D eigenvalue weighted by Gasteiger charge is -2.23. The summed E-state index contributed by atoms with van der Waals surface area (Å²) in [5, 5.41) is 2.21. The monoisotopic (exact) mass is 272 g/mol. The van der Waals surface area contributed by atoms with Gasteiger partial charge in [0.1, 0.15) is 6.04 Å². The summed E-state index contributed by atoms with van der Waals surface area (Å²) in [7, 11) is 0. The van der Waals surface area contributed by atoms with E-state index in [2.05, 4.69) is 5.32 Å². The summed E-state index contributed by atoms with van der Waals surface area (Å²) in [4.78, 5) is 36.3. The largest absolute Gasteiger partial charge is 0.327 e. The summed E-state index contributed by atoms with van der Waals surface area (Å²) in [6, 6.07) is 8.72. The fourth-order valence-electron chi connectivity index (χ4n) is 2.15. The molecular formula is C15H16N2O3. The van der Waals surface area contributed by atoms with E-state index in [1.807, 2.05) is 30.3 Å². The Morgan fingerprint density at radius 2 is 2.05 bits per heavy atom. The first-order valence-corrected chi connectivity index (χ1v) is 6.49. The highest BCUT2D eigenvalue weighted by atomic mass is 16.2. The predicted octanol–water partition coefficient (Wildman–Crippen LogP) is 0.963. The fraction of sp³-hybridized carbons (Fsp3) is 0.267. The van der Waals surface area contributed by atoms with E-state index in [0.29, 0.717) is 6.54 Å². The molecule has 1 fully saturated rings. The number of amides is 3. The van der Waals surface area contributed by atoms with E-state index in [9.17, 15) is 14.4 Å². The molecule has 0 spiro atoms. The highest BCUT2D eigenvalue weighted by molar-refractivity contribution is 6.07. The number of hydrogen-bond acceptors (Lipinski definition) is 3. The van der Waals surface area contributed by atoms with Gasteiger partial charge in [-0.25, -0.2) is 0 Å². The van der Waals surface area contributed by atoms with E-state index in [4.69, 9.17) is 0 Å². The van der Waals surface area contributed by atoms with Crippen LogP contribution < -0.4 is 5.32 Å². The zero-order chi connectivity index (χ0) is 14.5. The molecule has 5 heteroatoms. The van der Waals surface area contributed by atoms with Crippen LogP contribution in [0.5, 0.6) is 0 Å². The number of hydrogen-bond donors (Lipinski definition) is 1. The van der Waals surface area contributed by atoms with Gasteiger partial charge in [-0.05, 0) is 18.6 Å². The molecule has 104 valence electrons. The van der Waals surface area contributed by atoms with Crippen LogP contribution in [0, 0.1) is 0 Å². The molecule has 1 saturated heterocycles. The van der Waals surface area contributed by atoms with Gasteiger partial charge in [-0.2, -0.15) is 0 Å². The molecule has 1 N–H and O–H groups in total. The molecule has 0 bridgehead atoms. The van der Waals surface area contributed by atoms with Crippen LogP contribution in [0.2, 0.25) is 0 Å². The zero-order valence-electron chi connectivity index (χ0n) is 11.2. The molecule has 0 aromatic heterocycles. The van der Waals surface area contributed by atoms with Crippen molar-refractivity contribution in [1.82, 2.24) is 10.2 Å². The second-order valence-corrected chi connectivity index (χ2v) is 4.50.